The lowest BCUT2D eigenvalue weighted by molar-refractivity contribution is -0.485. The molecule has 3 aromatic rings. The first-order chi connectivity index (χ1) is 16.8. The van der Waals surface area contributed by atoms with E-state index in [-0.39, 0.29) is 37.1 Å². The number of nitro groups is 1. The minimum Gasteiger partial charge on any atom is -0.508 e. The van der Waals surface area contributed by atoms with Crippen LogP contribution in [0.25, 0.3) is 10.8 Å². The molecule has 0 saturated carbocycles. The number of hydrogen-bond acceptors (Lipinski definition) is 5. The highest BCUT2D eigenvalue weighted by atomic mass is 16.7. The minimum atomic E-state index is -0.967. The highest BCUT2D eigenvalue weighted by Gasteiger charge is 2.29. The smallest absolute Gasteiger partial charge is 0.266 e. The molecule has 0 aliphatic heterocycles. The molecule has 3 aromatic carbocycles. The molecule has 6 N–H and O–H groups in total. The van der Waals surface area contributed by atoms with Crippen molar-refractivity contribution >= 4 is 28.5 Å². The third-order valence-corrected chi connectivity index (χ3v) is 5.42. The predicted molar refractivity (Wildman–Crippen MR) is 131 cm³/mol. The van der Waals surface area contributed by atoms with Gasteiger partial charge in [-0.1, -0.05) is 48.5 Å². The molecule has 0 radical (unpaired) electrons. The minimum absolute atomic E-state index is 0.0761. The Morgan fingerprint density at radius 2 is 1.74 bits per heavy atom. The van der Waals surface area contributed by atoms with Crippen molar-refractivity contribution in [1.82, 2.24) is 10.2 Å². The van der Waals surface area contributed by atoms with Crippen LogP contribution >= 0.6 is 0 Å². The number of guanidine groups is 1. The van der Waals surface area contributed by atoms with Crippen LogP contribution in [0.5, 0.6) is 5.75 Å². The summed E-state index contributed by atoms with van der Waals surface area (Å²) in [6.07, 6.45) is 0.513. The van der Waals surface area contributed by atoms with Gasteiger partial charge in [0.2, 0.25) is 5.91 Å². The second-order valence-corrected chi connectivity index (χ2v) is 7.84. The SMILES string of the molecule is NC(=O)[C@@H](CCCNC(N)=N[N+](=O)[O-])N(Cc1ccc(O)cc1)C(=O)c1cccc2ccccc12. The van der Waals surface area contributed by atoms with Gasteiger partial charge in [-0.15, -0.1) is 0 Å². The van der Waals surface area contributed by atoms with Gasteiger partial charge in [0.1, 0.15) is 16.9 Å². The number of amides is 2. The van der Waals surface area contributed by atoms with E-state index in [0.717, 1.165) is 10.8 Å². The Balaban J connectivity index is 1.89. The fraction of sp³-hybridized carbons (Fsp3) is 0.208. The molecule has 0 spiro atoms. The highest BCUT2D eigenvalue weighted by Crippen LogP contribution is 2.24. The number of nitrogens with one attached hydrogen (secondary N) is 1. The van der Waals surface area contributed by atoms with Crippen LogP contribution in [-0.4, -0.2) is 45.4 Å². The summed E-state index contributed by atoms with van der Waals surface area (Å²) in [5.41, 5.74) is 12.3. The number of phenolic OH excluding ortho intramolecular Hbond substituents is 1. The van der Waals surface area contributed by atoms with Crippen molar-refractivity contribution in [2.45, 2.75) is 25.4 Å². The standard InChI is InChI=1S/C24H26N6O5/c25-22(32)21(9-4-14-27-24(26)28-30(34)35)29(15-16-10-12-18(31)13-11-16)23(33)20-8-3-6-17-5-1-2-7-19(17)20/h1-3,5-8,10-13,21,31H,4,9,14-15H2,(H2,25,32)(H3,26,27,28)/t21-/m1/s1. The molecule has 0 saturated heterocycles. The van der Waals surface area contributed by atoms with Crippen LogP contribution in [0.3, 0.4) is 0 Å². The van der Waals surface area contributed by atoms with E-state index in [1.54, 1.807) is 24.3 Å². The maximum absolute atomic E-state index is 13.8. The number of hydrazone groups is 1. The molecule has 3 rings (SSSR count). The molecule has 11 nitrogen and oxygen atoms in total. The monoisotopic (exact) mass is 478 g/mol. The predicted octanol–water partition coefficient (Wildman–Crippen LogP) is 1.92. The molecule has 0 unspecified atom stereocenters. The lowest BCUT2D eigenvalue weighted by atomic mass is 10.0. The first-order valence-electron chi connectivity index (χ1n) is 10.8. The molecule has 0 aromatic heterocycles. The van der Waals surface area contributed by atoms with Crippen molar-refractivity contribution in [3.63, 3.8) is 0 Å². The average molecular weight is 479 g/mol. The number of rotatable bonds is 10. The van der Waals surface area contributed by atoms with Crippen LogP contribution in [0, 0.1) is 10.1 Å². The number of carbonyl (C=O) groups excluding carboxylic acids is 2. The molecular weight excluding hydrogens is 452 g/mol. The Morgan fingerprint density at radius 3 is 2.43 bits per heavy atom. The van der Waals surface area contributed by atoms with Crippen LogP contribution in [0.4, 0.5) is 0 Å². The summed E-state index contributed by atoms with van der Waals surface area (Å²) in [7, 11) is 0. The summed E-state index contributed by atoms with van der Waals surface area (Å²) < 4.78 is 0. The van der Waals surface area contributed by atoms with Gasteiger partial charge in [0.15, 0.2) is 5.03 Å². The quantitative estimate of drug-likeness (QED) is 0.113. The molecule has 182 valence electrons. The van der Waals surface area contributed by atoms with Gasteiger partial charge < -0.3 is 26.8 Å². The highest BCUT2D eigenvalue weighted by molar-refractivity contribution is 6.08. The molecule has 0 bridgehead atoms. The molecule has 2 amide bonds. The maximum atomic E-state index is 13.8. The number of fused-ring (bicyclic) bond motifs is 1. The summed E-state index contributed by atoms with van der Waals surface area (Å²) in [6, 6.07) is 18.1. The summed E-state index contributed by atoms with van der Waals surface area (Å²) in [4.78, 5) is 38.1. The van der Waals surface area contributed by atoms with Crippen molar-refractivity contribution in [3.05, 3.63) is 88.0 Å². The lowest BCUT2D eigenvalue weighted by Crippen LogP contribution is -2.48. The van der Waals surface area contributed by atoms with Crippen LogP contribution in [0.15, 0.2) is 71.8 Å². The molecule has 0 aliphatic carbocycles. The Morgan fingerprint density at radius 1 is 1.06 bits per heavy atom. The van der Waals surface area contributed by atoms with Gasteiger partial charge >= 0.3 is 0 Å². The van der Waals surface area contributed by atoms with E-state index in [9.17, 15) is 24.8 Å². The average Bonchev–Trinajstić information content (AvgIpc) is 2.82. The Kier molecular flexibility index (Phi) is 8.17. The van der Waals surface area contributed by atoms with E-state index >= 15 is 0 Å². The molecule has 0 aliphatic rings. The number of carbonyl (C=O) groups is 2. The van der Waals surface area contributed by atoms with Crippen LogP contribution < -0.4 is 16.8 Å². The zero-order chi connectivity index (χ0) is 25.4. The summed E-state index contributed by atoms with van der Waals surface area (Å²) in [6.45, 7) is 0.261. The first-order valence-corrected chi connectivity index (χ1v) is 10.8. The molecule has 0 heterocycles. The second-order valence-electron chi connectivity index (χ2n) is 7.84. The van der Waals surface area contributed by atoms with Crippen molar-refractivity contribution in [1.29, 1.82) is 0 Å². The fourth-order valence-corrected chi connectivity index (χ4v) is 3.78. The zero-order valence-corrected chi connectivity index (χ0v) is 18.8. The maximum Gasteiger partial charge on any atom is 0.266 e. The normalized spacial score (nSPS) is 12.2. The number of nitrogens with zero attached hydrogens (tertiary/aromatic N) is 3. The van der Waals surface area contributed by atoms with Gasteiger partial charge in [-0.05, 0) is 47.4 Å². The van der Waals surface area contributed by atoms with Gasteiger partial charge in [0.25, 0.3) is 11.9 Å². The Bertz CT molecular complexity index is 1240. The first kappa shape index (κ1) is 25.0. The van der Waals surface area contributed by atoms with E-state index in [2.05, 4.69) is 10.4 Å². The van der Waals surface area contributed by atoms with Crippen molar-refractivity contribution in [2.75, 3.05) is 6.54 Å². The number of primary amides is 1. The summed E-state index contributed by atoms with van der Waals surface area (Å²) >= 11 is 0. The number of benzene rings is 3. The van der Waals surface area contributed by atoms with Gasteiger partial charge in [0.05, 0.1) is 0 Å². The van der Waals surface area contributed by atoms with Crippen LogP contribution in [-0.2, 0) is 11.3 Å². The molecule has 0 fully saturated rings. The molecular formula is C24H26N6O5. The van der Waals surface area contributed by atoms with Gasteiger partial charge in [0, 0.05) is 18.7 Å². The van der Waals surface area contributed by atoms with Crippen molar-refractivity contribution < 1.29 is 19.7 Å². The topological polar surface area (TPSA) is 177 Å². The molecule has 1 atom stereocenters. The largest absolute Gasteiger partial charge is 0.508 e. The third kappa shape index (κ3) is 6.67. The number of phenols is 1. The van der Waals surface area contributed by atoms with Crippen molar-refractivity contribution in [2.24, 2.45) is 16.6 Å². The molecule has 35 heavy (non-hydrogen) atoms. The summed E-state index contributed by atoms with van der Waals surface area (Å²) in [5.74, 6) is -1.35. The zero-order valence-electron chi connectivity index (χ0n) is 18.8. The number of aromatic hydroxyl groups is 1. The van der Waals surface area contributed by atoms with E-state index in [0.29, 0.717) is 17.5 Å². The van der Waals surface area contributed by atoms with Crippen molar-refractivity contribution in [3.8, 4) is 5.75 Å². The van der Waals surface area contributed by atoms with E-state index < -0.39 is 17.0 Å². The van der Waals surface area contributed by atoms with Gasteiger partial charge in [-0.3, -0.25) is 9.59 Å². The number of hydrogen-bond donors (Lipinski definition) is 4. The third-order valence-electron chi connectivity index (χ3n) is 5.42. The van der Waals surface area contributed by atoms with Crippen LogP contribution in [0.1, 0.15) is 28.8 Å². The van der Waals surface area contributed by atoms with E-state index in [4.69, 9.17) is 11.5 Å². The second kappa shape index (κ2) is 11.5. The lowest BCUT2D eigenvalue weighted by Gasteiger charge is -2.30. The van der Waals surface area contributed by atoms with Gasteiger partial charge in [-0.2, -0.15) is 0 Å². The van der Waals surface area contributed by atoms with E-state index in [1.807, 2.05) is 30.3 Å². The van der Waals surface area contributed by atoms with E-state index in [1.165, 1.54) is 17.0 Å². The Labute approximate surface area is 201 Å². The molecule has 11 heteroatoms. The van der Waals surface area contributed by atoms with Crippen LogP contribution in [0.2, 0.25) is 0 Å². The Hall–Kier alpha value is -4.67. The summed E-state index contributed by atoms with van der Waals surface area (Å²) in [5, 5.41) is 26.3. The fourth-order valence-electron chi connectivity index (χ4n) is 3.78. The van der Waals surface area contributed by atoms with Gasteiger partial charge in [-0.25, -0.2) is 10.1 Å². The number of nitrogens with two attached hydrogens (primary N) is 2.